The average molecular weight is 230 g/mol. The predicted octanol–water partition coefficient (Wildman–Crippen LogP) is 0.814. The van der Waals surface area contributed by atoms with Gasteiger partial charge in [-0.25, -0.2) is 4.57 Å². The third-order valence-corrected chi connectivity index (χ3v) is 2.95. The molecule has 0 aliphatic rings. The van der Waals surface area contributed by atoms with E-state index < -0.39 is 10.1 Å². The zero-order valence-corrected chi connectivity index (χ0v) is 9.57. The van der Waals surface area contributed by atoms with Crippen molar-refractivity contribution in [2.75, 3.05) is 5.75 Å². The molecule has 1 N–H and O–H groups in total. The van der Waals surface area contributed by atoms with Crippen molar-refractivity contribution in [2.24, 2.45) is 0 Å². The van der Waals surface area contributed by atoms with Gasteiger partial charge in [-0.05, 0) is 12.5 Å². The summed E-state index contributed by atoms with van der Waals surface area (Å²) in [6.45, 7) is 2.67. The highest BCUT2D eigenvalue weighted by molar-refractivity contribution is 7.85. The number of rotatable bonds is 5. The van der Waals surface area contributed by atoms with E-state index >= 15 is 0 Å². The highest BCUT2D eigenvalue weighted by Gasteiger charge is 2.07. The molecule has 0 amide bonds. The summed E-state index contributed by atoms with van der Waals surface area (Å²) in [6.07, 6.45) is 5.27. The molecule has 84 valence electrons. The molecule has 5 heteroatoms. The van der Waals surface area contributed by atoms with Crippen molar-refractivity contribution in [1.82, 2.24) is 0 Å². The van der Waals surface area contributed by atoms with Crippen LogP contribution < -0.4 is 4.57 Å². The van der Waals surface area contributed by atoms with Crippen LogP contribution >= 0.6 is 0 Å². The van der Waals surface area contributed by atoms with Gasteiger partial charge in [0.1, 0.15) is 6.54 Å². The average Bonchev–Trinajstić information content (AvgIpc) is 2.16. The Morgan fingerprint density at radius 3 is 2.80 bits per heavy atom. The number of hydrogen-bond donors (Lipinski definition) is 1. The summed E-state index contributed by atoms with van der Waals surface area (Å²) in [5.41, 5.74) is 1.21. The largest absolute Gasteiger partial charge is 0.286 e. The van der Waals surface area contributed by atoms with Gasteiger partial charge in [0.05, 0.1) is 5.75 Å². The molecule has 0 bridgehead atoms. The van der Waals surface area contributed by atoms with Crippen molar-refractivity contribution >= 4 is 10.1 Å². The van der Waals surface area contributed by atoms with Crippen LogP contribution in [0.15, 0.2) is 24.5 Å². The maximum atomic E-state index is 10.5. The van der Waals surface area contributed by atoms with Crippen LogP contribution in [0.25, 0.3) is 0 Å². The van der Waals surface area contributed by atoms with E-state index in [-0.39, 0.29) is 5.75 Å². The molecule has 0 radical (unpaired) electrons. The summed E-state index contributed by atoms with van der Waals surface area (Å²) < 4.78 is 31.5. The lowest BCUT2D eigenvalue weighted by atomic mass is 10.2. The van der Waals surface area contributed by atoms with Gasteiger partial charge in [0.15, 0.2) is 12.4 Å². The first-order valence-electron chi connectivity index (χ1n) is 4.94. The molecular weight excluding hydrogens is 214 g/mol. The van der Waals surface area contributed by atoms with E-state index in [1.54, 1.807) is 0 Å². The van der Waals surface area contributed by atoms with Gasteiger partial charge in [0.25, 0.3) is 10.1 Å². The van der Waals surface area contributed by atoms with E-state index in [0.717, 1.165) is 6.42 Å². The first-order valence-corrected chi connectivity index (χ1v) is 6.55. The first kappa shape index (κ1) is 12.1. The highest BCUT2D eigenvalue weighted by Crippen LogP contribution is 1.95. The molecule has 0 unspecified atom stereocenters. The molecule has 4 nitrogen and oxygen atoms in total. The van der Waals surface area contributed by atoms with Gasteiger partial charge >= 0.3 is 0 Å². The lowest BCUT2D eigenvalue weighted by Crippen LogP contribution is -2.34. The standard InChI is InChI=1S/C10H15NO3S/c1-2-10-5-3-6-11(9-10)7-4-8-15(12,13)14/h3,5-6,9H,2,4,7-8H2,1H3/p+1. The number of hydrogen-bond acceptors (Lipinski definition) is 2. The Balaban J connectivity index is 2.51. The zero-order chi connectivity index (χ0) is 11.3. The molecule has 0 spiro atoms. The molecule has 1 rings (SSSR count). The molecule has 1 aromatic rings. The van der Waals surface area contributed by atoms with Crippen molar-refractivity contribution in [1.29, 1.82) is 0 Å². The van der Waals surface area contributed by atoms with Crippen LogP contribution in [0.4, 0.5) is 0 Å². The second kappa shape index (κ2) is 5.23. The van der Waals surface area contributed by atoms with Gasteiger partial charge in [0.2, 0.25) is 0 Å². The van der Waals surface area contributed by atoms with Crippen LogP contribution in [-0.2, 0) is 23.1 Å². The molecule has 15 heavy (non-hydrogen) atoms. The maximum Gasteiger partial charge on any atom is 0.265 e. The summed E-state index contributed by atoms with van der Waals surface area (Å²) >= 11 is 0. The van der Waals surface area contributed by atoms with E-state index in [4.69, 9.17) is 4.55 Å². The van der Waals surface area contributed by atoms with E-state index in [1.165, 1.54) is 5.56 Å². The second-order valence-corrected chi connectivity index (χ2v) is 5.02. The number of aromatic nitrogens is 1. The van der Waals surface area contributed by atoms with Crippen molar-refractivity contribution in [3.63, 3.8) is 0 Å². The fraction of sp³-hybridized carbons (Fsp3) is 0.500. The van der Waals surface area contributed by atoms with Crippen LogP contribution in [0.5, 0.6) is 0 Å². The molecule has 0 aliphatic carbocycles. The molecule has 0 saturated heterocycles. The molecule has 1 aromatic heterocycles. The Kier molecular flexibility index (Phi) is 4.23. The fourth-order valence-corrected chi connectivity index (χ4v) is 1.85. The lowest BCUT2D eigenvalue weighted by molar-refractivity contribution is -0.697. The van der Waals surface area contributed by atoms with Gasteiger partial charge < -0.3 is 0 Å². The summed E-state index contributed by atoms with van der Waals surface area (Å²) in [5.74, 6) is -0.184. The van der Waals surface area contributed by atoms with Gasteiger partial charge in [-0.1, -0.05) is 6.92 Å². The van der Waals surface area contributed by atoms with Crippen molar-refractivity contribution in [2.45, 2.75) is 26.3 Å². The van der Waals surface area contributed by atoms with Gasteiger partial charge in [-0.15, -0.1) is 0 Å². The quantitative estimate of drug-likeness (QED) is 0.601. The predicted molar refractivity (Wildman–Crippen MR) is 57.0 cm³/mol. The van der Waals surface area contributed by atoms with Crippen LogP contribution in [0.1, 0.15) is 18.9 Å². The molecule has 0 aliphatic heterocycles. The minimum absolute atomic E-state index is 0.184. The number of aryl methyl sites for hydroxylation is 2. The van der Waals surface area contributed by atoms with E-state index in [1.807, 2.05) is 29.1 Å². The first-order chi connectivity index (χ1) is 7.01. The Morgan fingerprint density at radius 2 is 2.20 bits per heavy atom. The zero-order valence-electron chi connectivity index (χ0n) is 8.76. The van der Waals surface area contributed by atoms with Crippen LogP contribution in [0.2, 0.25) is 0 Å². The molecule has 0 aromatic carbocycles. The Bertz CT molecular complexity index is 414. The smallest absolute Gasteiger partial charge is 0.265 e. The van der Waals surface area contributed by atoms with Crippen LogP contribution in [0.3, 0.4) is 0 Å². The van der Waals surface area contributed by atoms with Crippen LogP contribution in [-0.4, -0.2) is 18.7 Å². The minimum atomic E-state index is -3.82. The molecule has 1 heterocycles. The third kappa shape index (κ3) is 4.90. The maximum absolute atomic E-state index is 10.5. The fourth-order valence-electron chi connectivity index (χ4n) is 1.35. The topological polar surface area (TPSA) is 58.2 Å². The highest BCUT2D eigenvalue weighted by atomic mass is 32.2. The summed E-state index contributed by atoms with van der Waals surface area (Å²) in [7, 11) is -3.82. The molecule has 0 saturated carbocycles. The molecular formula is C10H16NO3S+. The van der Waals surface area contributed by atoms with Crippen molar-refractivity contribution < 1.29 is 17.5 Å². The Hall–Kier alpha value is -0.940. The number of pyridine rings is 1. The van der Waals surface area contributed by atoms with E-state index in [9.17, 15) is 8.42 Å². The molecule has 0 fully saturated rings. The summed E-state index contributed by atoms with van der Waals surface area (Å²) in [5, 5.41) is 0. The lowest BCUT2D eigenvalue weighted by Gasteiger charge is -1.98. The normalized spacial score (nSPS) is 11.6. The van der Waals surface area contributed by atoms with E-state index in [2.05, 4.69) is 6.92 Å². The summed E-state index contributed by atoms with van der Waals surface area (Å²) in [4.78, 5) is 0. The Morgan fingerprint density at radius 1 is 1.47 bits per heavy atom. The molecule has 0 atom stereocenters. The third-order valence-electron chi connectivity index (χ3n) is 2.15. The SMILES string of the molecule is CCc1ccc[n+](CCCS(=O)(=O)O)c1. The van der Waals surface area contributed by atoms with Gasteiger partial charge in [-0.2, -0.15) is 8.42 Å². The van der Waals surface area contributed by atoms with Gasteiger partial charge in [0, 0.05) is 18.1 Å². The van der Waals surface area contributed by atoms with Crippen LogP contribution in [0, 0.1) is 0 Å². The monoisotopic (exact) mass is 230 g/mol. The van der Waals surface area contributed by atoms with Gasteiger partial charge in [-0.3, -0.25) is 4.55 Å². The van der Waals surface area contributed by atoms with E-state index in [0.29, 0.717) is 13.0 Å². The van der Waals surface area contributed by atoms with Crippen molar-refractivity contribution in [3.8, 4) is 0 Å². The summed E-state index contributed by atoms with van der Waals surface area (Å²) in [6, 6.07) is 3.96. The second-order valence-electron chi connectivity index (χ2n) is 3.44. The minimum Gasteiger partial charge on any atom is -0.286 e. The van der Waals surface area contributed by atoms with Crippen molar-refractivity contribution in [3.05, 3.63) is 30.1 Å². The number of nitrogens with zero attached hydrogens (tertiary/aromatic N) is 1. The Labute approximate surface area is 90.3 Å².